The van der Waals surface area contributed by atoms with E-state index in [2.05, 4.69) is 27.6 Å². The van der Waals surface area contributed by atoms with Crippen LogP contribution in [0, 0.1) is 6.92 Å². The minimum Gasteiger partial charge on any atom is -0.369 e. The zero-order valence-electron chi connectivity index (χ0n) is 8.37. The lowest BCUT2D eigenvalue weighted by Crippen LogP contribution is -2.03. The second-order valence-corrected chi connectivity index (χ2v) is 4.10. The van der Waals surface area contributed by atoms with Gasteiger partial charge in [0, 0.05) is 6.54 Å². The first-order valence-corrected chi connectivity index (χ1v) is 5.65. The fraction of sp³-hybridized carbons (Fsp3) is 0.400. The summed E-state index contributed by atoms with van der Waals surface area (Å²) in [5.74, 6) is 1.80. The van der Waals surface area contributed by atoms with Gasteiger partial charge >= 0.3 is 0 Å². The number of thiophene rings is 1. The van der Waals surface area contributed by atoms with E-state index in [1.54, 1.807) is 11.3 Å². The highest BCUT2D eigenvalue weighted by Gasteiger charge is 2.05. The van der Waals surface area contributed by atoms with Crippen molar-refractivity contribution >= 4 is 27.4 Å². The summed E-state index contributed by atoms with van der Waals surface area (Å²) in [6, 6.07) is 2.03. The average molecular weight is 207 g/mol. The van der Waals surface area contributed by atoms with E-state index >= 15 is 0 Å². The molecule has 0 atom stereocenters. The van der Waals surface area contributed by atoms with Crippen molar-refractivity contribution < 1.29 is 0 Å². The standard InChI is InChI=1S/C10H13N3S/c1-3-5-11-10-9-8(4-6-14-9)12-7(2)13-10/h4,6H,3,5H2,1-2H3,(H,11,12,13). The van der Waals surface area contributed by atoms with E-state index < -0.39 is 0 Å². The molecule has 0 aliphatic carbocycles. The Morgan fingerprint density at radius 2 is 2.29 bits per heavy atom. The van der Waals surface area contributed by atoms with E-state index in [1.807, 2.05) is 13.0 Å². The van der Waals surface area contributed by atoms with Gasteiger partial charge in [0.1, 0.15) is 11.6 Å². The number of rotatable bonds is 3. The lowest BCUT2D eigenvalue weighted by atomic mass is 10.4. The molecule has 0 aromatic carbocycles. The number of anilines is 1. The molecule has 2 aromatic rings. The second kappa shape index (κ2) is 3.92. The van der Waals surface area contributed by atoms with Gasteiger partial charge in [0.25, 0.3) is 0 Å². The number of aryl methyl sites for hydroxylation is 1. The van der Waals surface area contributed by atoms with E-state index in [0.717, 1.165) is 34.8 Å². The monoisotopic (exact) mass is 207 g/mol. The van der Waals surface area contributed by atoms with Crippen molar-refractivity contribution in [2.75, 3.05) is 11.9 Å². The lowest BCUT2D eigenvalue weighted by Gasteiger charge is -2.05. The van der Waals surface area contributed by atoms with Crippen molar-refractivity contribution in [2.45, 2.75) is 20.3 Å². The summed E-state index contributed by atoms with van der Waals surface area (Å²) < 4.78 is 1.16. The van der Waals surface area contributed by atoms with Crippen LogP contribution in [0.1, 0.15) is 19.2 Å². The highest BCUT2D eigenvalue weighted by Crippen LogP contribution is 2.25. The molecule has 2 heterocycles. The Morgan fingerprint density at radius 3 is 3.07 bits per heavy atom. The van der Waals surface area contributed by atoms with E-state index in [9.17, 15) is 0 Å². The SMILES string of the molecule is CCCNc1nc(C)nc2ccsc12. The molecule has 0 spiro atoms. The van der Waals surface area contributed by atoms with Gasteiger partial charge in [-0.1, -0.05) is 6.92 Å². The Bertz CT molecular complexity index is 436. The number of hydrogen-bond donors (Lipinski definition) is 1. The van der Waals surface area contributed by atoms with E-state index in [1.165, 1.54) is 0 Å². The summed E-state index contributed by atoms with van der Waals surface area (Å²) in [6.07, 6.45) is 1.11. The van der Waals surface area contributed by atoms with Crippen LogP contribution in [0.2, 0.25) is 0 Å². The predicted molar refractivity (Wildman–Crippen MR) is 60.9 cm³/mol. The molecular weight excluding hydrogens is 194 g/mol. The smallest absolute Gasteiger partial charge is 0.147 e. The molecule has 1 N–H and O–H groups in total. The first-order valence-electron chi connectivity index (χ1n) is 4.77. The maximum atomic E-state index is 4.40. The number of nitrogens with one attached hydrogen (secondary N) is 1. The van der Waals surface area contributed by atoms with Crippen LogP contribution in [0.25, 0.3) is 10.2 Å². The van der Waals surface area contributed by atoms with Crippen molar-refractivity contribution in [3.8, 4) is 0 Å². The fourth-order valence-corrected chi connectivity index (χ4v) is 2.14. The van der Waals surface area contributed by atoms with Gasteiger partial charge in [0.15, 0.2) is 0 Å². The molecule has 0 aliphatic heterocycles. The highest BCUT2D eigenvalue weighted by atomic mass is 32.1. The number of nitrogens with zero attached hydrogens (tertiary/aromatic N) is 2. The summed E-state index contributed by atoms with van der Waals surface area (Å²) in [6.45, 7) is 5.03. The molecule has 0 radical (unpaired) electrons. The van der Waals surface area contributed by atoms with E-state index in [-0.39, 0.29) is 0 Å². The van der Waals surface area contributed by atoms with Crippen LogP contribution in [0.4, 0.5) is 5.82 Å². The van der Waals surface area contributed by atoms with Crippen molar-refractivity contribution in [2.24, 2.45) is 0 Å². The molecular formula is C10H13N3S. The van der Waals surface area contributed by atoms with Crippen LogP contribution in [-0.4, -0.2) is 16.5 Å². The Kier molecular flexibility index (Phi) is 2.63. The van der Waals surface area contributed by atoms with Gasteiger partial charge < -0.3 is 5.32 Å². The van der Waals surface area contributed by atoms with Crippen LogP contribution in [-0.2, 0) is 0 Å². The summed E-state index contributed by atoms with van der Waals surface area (Å²) in [5.41, 5.74) is 1.04. The molecule has 0 aliphatic rings. The lowest BCUT2D eigenvalue weighted by molar-refractivity contribution is 0.963. The van der Waals surface area contributed by atoms with E-state index in [0.29, 0.717) is 0 Å². The van der Waals surface area contributed by atoms with Crippen molar-refractivity contribution in [1.82, 2.24) is 9.97 Å². The molecule has 0 fully saturated rings. The topological polar surface area (TPSA) is 37.8 Å². The molecule has 0 saturated heterocycles. The number of hydrogen-bond acceptors (Lipinski definition) is 4. The molecule has 0 saturated carbocycles. The zero-order chi connectivity index (χ0) is 9.97. The number of fused-ring (bicyclic) bond motifs is 1. The summed E-state index contributed by atoms with van der Waals surface area (Å²) in [5, 5.41) is 5.38. The number of aromatic nitrogens is 2. The van der Waals surface area contributed by atoms with Gasteiger partial charge in [-0.05, 0) is 24.8 Å². The van der Waals surface area contributed by atoms with Gasteiger partial charge in [-0.3, -0.25) is 0 Å². The molecule has 14 heavy (non-hydrogen) atoms. The predicted octanol–water partition coefficient (Wildman–Crippen LogP) is 2.82. The Labute approximate surface area is 87.2 Å². The van der Waals surface area contributed by atoms with Crippen LogP contribution in [0.5, 0.6) is 0 Å². The zero-order valence-corrected chi connectivity index (χ0v) is 9.19. The third kappa shape index (κ3) is 1.70. The van der Waals surface area contributed by atoms with Gasteiger partial charge in [0.05, 0.1) is 10.2 Å². The van der Waals surface area contributed by atoms with E-state index in [4.69, 9.17) is 0 Å². The van der Waals surface area contributed by atoms with Crippen LogP contribution in [0.3, 0.4) is 0 Å². The Hall–Kier alpha value is -1.16. The second-order valence-electron chi connectivity index (χ2n) is 3.18. The quantitative estimate of drug-likeness (QED) is 0.841. The third-order valence-electron chi connectivity index (χ3n) is 1.96. The molecule has 3 nitrogen and oxygen atoms in total. The van der Waals surface area contributed by atoms with Gasteiger partial charge in [-0.2, -0.15) is 0 Å². The molecule has 0 unspecified atom stereocenters. The first kappa shape index (κ1) is 9.40. The van der Waals surface area contributed by atoms with Gasteiger partial charge in [-0.15, -0.1) is 11.3 Å². The van der Waals surface area contributed by atoms with Crippen LogP contribution >= 0.6 is 11.3 Å². The fourth-order valence-electron chi connectivity index (χ4n) is 1.34. The van der Waals surface area contributed by atoms with Crippen molar-refractivity contribution in [1.29, 1.82) is 0 Å². The maximum absolute atomic E-state index is 4.40. The molecule has 4 heteroatoms. The van der Waals surface area contributed by atoms with Gasteiger partial charge in [-0.25, -0.2) is 9.97 Å². The average Bonchev–Trinajstić information content (AvgIpc) is 2.61. The summed E-state index contributed by atoms with van der Waals surface area (Å²) in [4.78, 5) is 8.76. The van der Waals surface area contributed by atoms with Crippen molar-refractivity contribution in [3.05, 3.63) is 17.3 Å². The third-order valence-corrected chi connectivity index (χ3v) is 2.87. The van der Waals surface area contributed by atoms with Crippen molar-refractivity contribution in [3.63, 3.8) is 0 Å². The minimum absolute atomic E-state index is 0.828. The summed E-state index contributed by atoms with van der Waals surface area (Å²) >= 11 is 1.69. The largest absolute Gasteiger partial charge is 0.369 e. The van der Waals surface area contributed by atoms with Crippen LogP contribution in [0.15, 0.2) is 11.4 Å². The normalized spacial score (nSPS) is 10.7. The van der Waals surface area contributed by atoms with Crippen LogP contribution < -0.4 is 5.32 Å². The molecule has 2 rings (SSSR count). The maximum Gasteiger partial charge on any atom is 0.147 e. The minimum atomic E-state index is 0.828. The Balaban J connectivity index is 2.44. The Morgan fingerprint density at radius 1 is 1.43 bits per heavy atom. The molecule has 2 aromatic heterocycles. The summed E-state index contributed by atoms with van der Waals surface area (Å²) in [7, 11) is 0. The molecule has 74 valence electrons. The highest BCUT2D eigenvalue weighted by molar-refractivity contribution is 7.17. The van der Waals surface area contributed by atoms with Gasteiger partial charge in [0.2, 0.25) is 0 Å². The molecule has 0 bridgehead atoms. The first-order chi connectivity index (χ1) is 6.81. The molecule has 0 amide bonds.